The molecule has 0 fully saturated rings. The number of aliphatic hydroxyl groups is 1. The molecule has 3 nitrogen and oxygen atoms in total. The molecule has 2 atom stereocenters. The van der Waals surface area contributed by atoms with Crippen LogP contribution in [0.2, 0.25) is 0 Å². The van der Waals surface area contributed by atoms with Crippen molar-refractivity contribution in [2.75, 3.05) is 19.1 Å². The van der Waals surface area contributed by atoms with Gasteiger partial charge in [0.25, 0.3) is 0 Å². The number of ether oxygens (including phenoxy) is 1. The summed E-state index contributed by atoms with van der Waals surface area (Å²) in [6, 6.07) is 6.25. The van der Waals surface area contributed by atoms with Gasteiger partial charge in [-0.1, -0.05) is 0 Å². The Bertz CT molecular complexity index is 363. The Labute approximate surface area is 90.3 Å². The van der Waals surface area contributed by atoms with Crippen molar-refractivity contribution in [3.63, 3.8) is 0 Å². The number of rotatable bonds is 2. The topological polar surface area (TPSA) is 32.7 Å². The van der Waals surface area contributed by atoms with Gasteiger partial charge in [0.15, 0.2) is 0 Å². The van der Waals surface area contributed by atoms with Gasteiger partial charge in [-0.15, -0.1) is 0 Å². The number of benzene rings is 1. The number of hydrogen-bond acceptors (Lipinski definition) is 3. The van der Waals surface area contributed by atoms with Crippen molar-refractivity contribution in [2.24, 2.45) is 0 Å². The number of aliphatic hydroxyl groups excluding tert-OH is 1. The van der Waals surface area contributed by atoms with Gasteiger partial charge in [0.05, 0.1) is 19.3 Å². The standard InChI is InChI=1S/C12H17NO2/c1-8(14)12-7-9-6-10(15-3)4-5-11(9)13(12)2/h4-6,8,12,14H,7H2,1-3H3. The Morgan fingerprint density at radius 3 is 2.87 bits per heavy atom. The molecule has 2 rings (SSSR count). The number of likely N-dealkylation sites (N-methyl/N-ethyl adjacent to an activating group) is 1. The molecule has 0 saturated carbocycles. The summed E-state index contributed by atoms with van der Waals surface area (Å²) in [6.45, 7) is 1.84. The van der Waals surface area contributed by atoms with Gasteiger partial charge in [0.2, 0.25) is 0 Å². The number of hydrogen-bond donors (Lipinski definition) is 1. The molecule has 1 N–H and O–H groups in total. The first-order valence-electron chi connectivity index (χ1n) is 5.21. The predicted octanol–water partition coefficient (Wildman–Crippen LogP) is 1.44. The van der Waals surface area contributed by atoms with Crippen molar-refractivity contribution in [2.45, 2.75) is 25.5 Å². The highest BCUT2D eigenvalue weighted by Gasteiger charge is 2.29. The lowest BCUT2D eigenvalue weighted by Crippen LogP contribution is -2.37. The first-order chi connectivity index (χ1) is 7.13. The van der Waals surface area contributed by atoms with Crippen LogP contribution in [0.3, 0.4) is 0 Å². The Kier molecular flexibility index (Phi) is 2.57. The maximum Gasteiger partial charge on any atom is 0.119 e. The minimum atomic E-state index is -0.312. The van der Waals surface area contributed by atoms with Gasteiger partial charge in [-0.05, 0) is 37.1 Å². The Balaban J connectivity index is 2.32. The van der Waals surface area contributed by atoms with Crippen LogP contribution in [0, 0.1) is 0 Å². The fourth-order valence-corrected chi connectivity index (χ4v) is 2.23. The van der Waals surface area contributed by atoms with Crippen molar-refractivity contribution in [3.05, 3.63) is 23.8 Å². The first-order valence-corrected chi connectivity index (χ1v) is 5.21. The maximum absolute atomic E-state index is 9.65. The zero-order valence-electron chi connectivity index (χ0n) is 9.40. The summed E-state index contributed by atoms with van der Waals surface area (Å²) < 4.78 is 5.19. The van der Waals surface area contributed by atoms with Crippen molar-refractivity contribution >= 4 is 5.69 Å². The van der Waals surface area contributed by atoms with Gasteiger partial charge >= 0.3 is 0 Å². The van der Waals surface area contributed by atoms with E-state index in [4.69, 9.17) is 4.74 Å². The van der Waals surface area contributed by atoms with E-state index in [-0.39, 0.29) is 12.1 Å². The van der Waals surface area contributed by atoms with E-state index in [0.29, 0.717) is 0 Å². The second kappa shape index (κ2) is 3.74. The summed E-state index contributed by atoms with van der Waals surface area (Å²) in [4.78, 5) is 2.14. The van der Waals surface area contributed by atoms with Crippen LogP contribution in [-0.4, -0.2) is 31.4 Å². The highest BCUT2D eigenvalue weighted by molar-refractivity contribution is 5.61. The third kappa shape index (κ3) is 1.67. The largest absolute Gasteiger partial charge is 0.497 e. The molecule has 1 aliphatic heterocycles. The van der Waals surface area contributed by atoms with Crippen LogP contribution in [0.5, 0.6) is 5.75 Å². The van der Waals surface area contributed by atoms with Crippen molar-refractivity contribution in [1.29, 1.82) is 0 Å². The molecular formula is C12H17NO2. The van der Waals surface area contributed by atoms with Crippen molar-refractivity contribution in [1.82, 2.24) is 0 Å². The molecule has 0 radical (unpaired) electrons. The molecule has 3 heteroatoms. The van der Waals surface area contributed by atoms with Crippen LogP contribution in [0.4, 0.5) is 5.69 Å². The van der Waals surface area contributed by atoms with Crippen LogP contribution in [0.25, 0.3) is 0 Å². The smallest absolute Gasteiger partial charge is 0.119 e. The zero-order valence-corrected chi connectivity index (χ0v) is 9.40. The van der Waals surface area contributed by atoms with Gasteiger partial charge in [-0.3, -0.25) is 0 Å². The molecule has 1 aromatic carbocycles. The van der Waals surface area contributed by atoms with E-state index in [1.165, 1.54) is 11.3 Å². The number of methoxy groups -OCH3 is 1. The molecule has 1 aromatic rings. The van der Waals surface area contributed by atoms with Crippen LogP contribution in [0.1, 0.15) is 12.5 Å². The molecule has 0 spiro atoms. The fourth-order valence-electron chi connectivity index (χ4n) is 2.23. The summed E-state index contributed by atoms with van der Waals surface area (Å²) in [5.41, 5.74) is 2.45. The Morgan fingerprint density at radius 2 is 2.27 bits per heavy atom. The van der Waals surface area contributed by atoms with Crippen LogP contribution in [0.15, 0.2) is 18.2 Å². The predicted molar refractivity (Wildman–Crippen MR) is 60.6 cm³/mol. The number of fused-ring (bicyclic) bond motifs is 1. The van der Waals surface area contributed by atoms with E-state index in [9.17, 15) is 5.11 Å². The Hall–Kier alpha value is -1.22. The van der Waals surface area contributed by atoms with E-state index < -0.39 is 0 Å². The highest BCUT2D eigenvalue weighted by Crippen LogP contribution is 2.34. The monoisotopic (exact) mass is 207 g/mol. The molecule has 0 saturated heterocycles. The third-order valence-electron chi connectivity index (χ3n) is 3.15. The van der Waals surface area contributed by atoms with E-state index in [2.05, 4.69) is 11.0 Å². The van der Waals surface area contributed by atoms with Crippen molar-refractivity contribution < 1.29 is 9.84 Å². The summed E-state index contributed by atoms with van der Waals surface area (Å²) in [5, 5.41) is 9.65. The van der Waals surface area contributed by atoms with Gasteiger partial charge in [0, 0.05) is 12.7 Å². The summed E-state index contributed by atoms with van der Waals surface area (Å²) in [7, 11) is 3.70. The molecule has 0 bridgehead atoms. The maximum atomic E-state index is 9.65. The van der Waals surface area contributed by atoms with E-state index in [1.807, 2.05) is 26.1 Å². The summed E-state index contributed by atoms with van der Waals surface area (Å²) >= 11 is 0. The zero-order chi connectivity index (χ0) is 11.0. The Morgan fingerprint density at radius 1 is 1.53 bits per heavy atom. The first kappa shape index (κ1) is 10.3. The molecule has 15 heavy (non-hydrogen) atoms. The van der Waals surface area contributed by atoms with Gasteiger partial charge in [-0.25, -0.2) is 0 Å². The second-order valence-corrected chi connectivity index (χ2v) is 4.12. The lowest BCUT2D eigenvalue weighted by Gasteiger charge is -2.24. The number of nitrogens with zero attached hydrogens (tertiary/aromatic N) is 1. The van der Waals surface area contributed by atoms with E-state index >= 15 is 0 Å². The summed E-state index contributed by atoms with van der Waals surface area (Å²) in [5.74, 6) is 0.883. The minimum Gasteiger partial charge on any atom is -0.497 e. The van der Waals surface area contributed by atoms with E-state index in [1.54, 1.807) is 7.11 Å². The van der Waals surface area contributed by atoms with Crippen LogP contribution in [-0.2, 0) is 6.42 Å². The molecular weight excluding hydrogens is 190 g/mol. The van der Waals surface area contributed by atoms with Gasteiger partial charge in [0.1, 0.15) is 5.75 Å². The van der Waals surface area contributed by atoms with Crippen LogP contribution < -0.4 is 9.64 Å². The molecule has 1 aliphatic rings. The molecule has 0 aliphatic carbocycles. The number of anilines is 1. The lowest BCUT2D eigenvalue weighted by atomic mass is 10.1. The average Bonchev–Trinajstić information content (AvgIpc) is 2.55. The SMILES string of the molecule is COc1ccc2c(c1)CC(C(C)O)N2C. The van der Waals surface area contributed by atoms with E-state index in [0.717, 1.165) is 12.2 Å². The third-order valence-corrected chi connectivity index (χ3v) is 3.15. The molecule has 2 unspecified atom stereocenters. The highest BCUT2D eigenvalue weighted by atomic mass is 16.5. The average molecular weight is 207 g/mol. The molecule has 0 amide bonds. The van der Waals surface area contributed by atoms with Crippen molar-refractivity contribution in [3.8, 4) is 5.75 Å². The molecule has 1 heterocycles. The van der Waals surface area contributed by atoms with Gasteiger partial charge in [-0.2, -0.15) is 0 Å². The quantitative estimate of drug-likeness (QED) is 0.796. The fraction of sp³-hybridized carbons (Fsp3) is 0.500. The lowest BCUT2D eigenvalue weighted by molar-refractivity contribution is 0.164. The minimum absolute atomic E-state index is 0.187. The van der Waals surface area contributed by atoms with Gasteiger partial charge < -0.3 is 14.7 Å². The second-order valence-electron chi connectivity index (χ2n) is 4.12. The molecule has 0 aromatic heterocycles. The van der Waals surface area contributed by atoms with Crippen LogP contribution >= 0.6 is 0 Å². The summed E-state index contributed by atoms with van der Waals surface area (Å²) in [6.07, 6.45) is 0.578. The molecule has 82 valence electrons. The normalized spacial score (nSPS) is 21.3.